The van der Waals surface area contributed by atoms with E-state index in [2.05, 4.69) is 0 Å². The average molecular weight is 318 g/mol. The molecule has 0 amide bonds. The largest absolute Gasteiger partial charge is 0.478 e. The van der Waals surface area contributed by atoms with Gasteiger partial charge in [-0.1, -0.05) is 60.7 Å². The molecule has 4 nitrogen and oxygen atoms in total. The van der Waals surface area contributed by atoms with Crippen LogP contribution in [0, 0.1) is 0 Å². The first kappa shape index (κ1) is 15.5. The maximum atomic E-state index is 11.3. The summed E-state index contributed by atoms with van der Waals surface area (Å²) in [5, 5.41) is 18.6. The van der Waals surface area contributed by atoms with Crippen molar-refractivity contribution < 1.29 is 19.8 Å². The van der Waals surface area contributed by atoms with Crippen LogP contribution < -0.4 is 0 Å². The molecule has 4 heteroatoms. The van der Waals surface area contributed by atoms with Crippen molar-refractivity contribution in [3.63, 3.8) is 0 Å². The highest BCUT2D eigenvalue weighted by molar-refractivity contribution is 5.97. The van der Waals surface area contributed by atoms with Crippen LogP contribution in [-0.4, -0.2) is 22.2 Å². The van der Waals surface area contributed by atoms with Crippen molar-refractivity contribution in [3.05, 3.63) is 83.9 Å². The van der Waals surface area contributed by atoms with Gasteiger partial charge < -0.3 is 10.2 Å². The molecule has 0 fully saturated rings. The summed E-state index contributed by atoms with van der Waals surface area (Å²) in [6.07, 6.45) is 0. The third-order valence-electron chi connectivity index (χ3n) is 3.82. The van der Waals surface area contributed by atoms with Crippen LogP contribution in [0.5, 0.6) is 0 Å². The van der Waals surface area contributed by atoms with Gasteiger partial charge in [-0.25, -0.2) is 9.59 Å². The number of hydrogen-bond donors (Lipinski definition) is 2. The van der Waals surface area contributed by atoms with Gasteiger partial charge in [-0.2, -0.15) is 0 Å². The summed E-state index contributed by atoms with van der Waals surface area (Å²) in [4.78, 5) is 22.7. The number of aromatic carboxylic acids is 2. The predicted molar refractivity (Wildman–Crippen MR) is 91.2 cm³/mol. The Morgan fingerprint density at radius 2 is 0.875 bits per heavy atom. The van der Waals surface area contributed by atoms with E-state index in [1.54, 1.807) is 72.8 Å². The second-order valence-corrected chi connectivity index (χ2v) is 5.28. The van der Waals surface area contributed by atoms with E-state index in [-0.39, 0.29) is 11.1 Å². The Morgan fingerprint density at radius 3 is 1.21 bits per heavy atom. The normalized spacial score (nSPS) is 10.3. The Balaban J connectivity index is 2.04. The fourth-order valence-corrected chi connectivity index (χ4v) is 2.67. The molecule has 0 saturated heterocycles. The van der Waals surface area contributed by atoms with Gasteiger partial charge in [-0.05, 0) is 34.4 Å². The number of benzene rings is 3. The molecule has 0 bridgehead atoms. The summed E-state index contributed by atoms with van der Waals surface area (Å²) in [6.45, 7) is 0. The summed E-state index contributed by atoms with van der Waals surface area (Å²) in [7, 11) is 0. The molecule has 0 spiro atoms. The number of carboxylic acids is 2. The zero-order valence-electron chi connectivity index (χ0n) is 12.6. The van der Waals surface area contributed by atoms with E-state index in [0.29, 0.717) is 11.1 Å². The molecule has 118 valence electrons. The average Bonchev–Trinajstić information content (AvgIpc) is 2.62. The standard InChI is InChI=1S/C20H14O4/c21-19(22)17-7-3-1-5-15(17)13-9-11-14(12-10-13)16-6-2-4-8-18(16)20(23)24/h1-12H,(H,21,22)(H,23,24). The van der Waals surface area contributed by atoms with Gasteiger partial charge in [0, 0.05) is 0 Å². The molecule has 0 unspecified atom stereocenters. The minimum atomic E-state index is -0.981. The lowest BCUT2D eigenvalue weighted by Gasteiger charge is -2.09. The van der Waals surface area contributed by atoms with Gasteiger partial charge in [0.1, 0.15) is 0 Å². The van der Waals surface area contributed by atoms with Crippen molar-refractivity contribution in [1.82, 2.24) is 0 Å². The van der Waals surface area contributed by atoms with Crippen LogP contribution >= 0.6 is 0 Å². The third kappa shape index (κ3) is 2.90. The molecule has 0 aliphatic heterocycles. The van der Waals surface area contributed by atoms with Gasteiger partial charge in [0.05, 0.1) is 11.1 Å². The zero-order valence-corrected chi connectivity index (χ0v) is 12.6. The first-order valence-electron chi connectivity index (χ1n) is 7.33. The van der Waals surface area contributed by atoms with E-state index in [9.17, 15) is 19.8 Å². The van der Waals surface area contributed by atoms with E-state index < -0.39 is 11.9 Å². The highest BCUT2D eigenvalue weighted by Crippen LogP contribution is 2.29. The fraction of sp³-hybridized carbons (Fsp3) is 0. The molecule has 0 aliphatic rings. The van der Waals surface area contributed by atoms with Gasteiger partial charge in [0.25, 0.3) is 0 Å². The second kappa shape index (κ2) is 6.38. The maximum absolute atomic E-state index is 11.3. The van der Waals surface area contributed by atoms with Gasteiger partial charge in [-0.3, -0.25) is 0 Å². The number of hydrogen-bond acceptors (Lipinski definition) is 2. The van der Waals surface area contributed by atoms with E-state index in [1.165, 1.54) is 0 Å². The van der Waals surface area contributed by atoms with Crippen molar-refractivity contribution in [2.45, 2.75) is 0 Å². The van der Waals surface area contributed by atoms with Gasteiger partial charge in [0.15, 0.2) is 0 Å². The van der Waals surface area contributed by atoms with Crippen LogP contribution in [0.2, 0.25) is 0 Å². The minimum absolute atomic E-state index is 0.233. The summed E-state index contributed by atoms with van der Waals surface area (Å²) >= 11 is 0. The molecule has 2 N–H and O–H groups in total. The summed E-state index contributed by atoms with van der Waals surface area (Å²) in [5.41, 5.74) is 3.26. The molecule has 0 saturated carbocycles. The van der Waals surface area contributed by atoms with E-state index in [1.807, 2.05) is 0 Å². The molecule has 0 heterocycles. The SMILES string of the molecule is O=C(O)c1ccccc1-c1ccc(-c2ccccc2C(=O)O)cc1. The molecule has 3 aromatic carbocycles. The fourth-order valence-electron chi connectivity index (χ4n) is 2.67. The molecule has 0 atom stereocenters. The van der Waals surface area contributed by atoms with Gasteiger partial charge in [-0.15, -0.1) is 0 Å². The molecule has 3 rings (SSSR count). The quantitative estimate of drug-likeness (QED) is 0.747. The van der Waals surface area contributed by atoms with Gasteiger partial charge in [0.2, 0.25) is 0 Å². The monoisotopic (exact) mass is 318 g/mol. The Hall–Kier alpha value is -3.40. The smallest absolute Gasteiger partial charge is 0.336 e. The minimum Gasteiger partial charge on any atom is -0.478 e. The molecular formula is C20H14O4. The summed E-state index contributed by atoms with van der Waals surface area (Å²) < 4.78 is 0. The van der Waals surface area contributed by atoms with Crippen molar-refractivity contribution in [3.8, 4) is 22.3 Å². The molecule has 24 heavy (non-hydrogen) atoms. The van der Waals surface area contributed by atoms with Gasteiger partial charge >= 0.3 is 11.9 Å². The summed E-state index contributed by atoms with van der Waals surface area (Å²) in [5.74, 6) is -1.96. The number of carboxylic acid groups (broad SMARTS) is 2. The number of carbonyl (C=O) groups is 2. The lowest BCUT2D eigenvalue weighted by molar-refractivity contribution is 0.0687. The van der Waals surface area contributed by atoms with Crippen LogP contribution in [-0.2, 0) is 0 Å². The van der Waals surface area contributed by atoms with Crippen molar-refractivity contribution in [2.24, 2.45) is 0 Å². The van der Waals surface area contributed by atoms with Crippen LogP contribution in [0.4, 0.5) is 0 Å². The van der Waals surface area contributed by atoms with E-state index >= 15 is 0 Å². The van der Waals surface area contributed by atoms with Crippen LogP contribution in [0.1, 0.15) is 20.7 Å². The molecule has 0 aliphatic carbocycles. The first-order valence-corrected chi connectivity index (χ1v) is 7.33. The lowest BCUT2D eigenvalue weighted by Crippen LogP contribution is -2.00. The van der Waals surface area contributed by atoms with Crippen LogP contribution in [0.3, 0.4) is 0 Å². The molecule has 3 aromatic rings. The Bertz CT molecular complexity index is 834. The van der Waals surface area contributed by atoms with E-state index in [4.69, 9.17) is 0 Å². The highest BCUT2D eigenvalue weighted by Gasteiger charge is 2.13. The van der Waals surface area contributed by atoms with Crippen molar-refractivity contribution in [2.75, 3.05) is 0 Å². The molecule has 0 aromatic heterocycles. The topological polar surface area (TPSA) is 74.6 Å². The predicted octanol–water partition coefficient (Wildman–Crippen LogP) is 4.42. The zero-order chi connectivity index (χ0) is 17.1. The first-order chi connectivity index (χ1) is 11.6. The lowest BCUT2D eigenvalue weighted by atomic mass is 9.95. The highest BCUT2D eigenvalue weighted by atomic mass is 16.4. The second-order valence-electron chi connectivity index (χ2n) is 5.28. The maximum Gasteiger partial charge on any atom is 0.336 e. The Morgan fingerprint density at radius 1 is 0.542 bits per heavy atom. The molecular weight excluding hydrogens is 304 g/mol. The van der Waals surface area contributed by atoms with E-state index in [0.717, 1.165) is 11.1 Å². The van der Waals surface area contributed by atoms with Crippen molar-refractivity contribution in [1.29, 1.82) is 0 Å². The Kier molecular flexibility index (Phi) is 4.12. The van der Waals surface area contributed by atoms with Crippen LogP contribution in [0.25, 0.3) is 22.3 Å². The third-order valence-corrected chi connectivity index (χ3v) is 3.82. The van der Waals surface area contributed by atoms with Crippen LogP contribution in [0.15, 0.2) is 72.8 Å². The Labute approximate surface area is 138 Å². The molecule has 0 radical (unpaired) electrons. The van der Waals surface area contributed by atoms with Crippen molar-refractivity contribution >= 4 is 11.9 Å². The summed E-state index contributed by atoms with van der Waals surface area (Å²) in [6, 6.07) is 20.8. The number of rotatable bonds is 4.